The zero-order valence-corrected chi connectivity index (χ0v) is 12.0. The van der Waals surface area contributed by atoms with Gasteiger partial charge in [0, 0.05) is 12.6 Å². The van der Waals surface area contributed by atoms with Gasteiger partial charge in [-0.25, -0.2) is 0 Å². The molecule has 0 unspecified atom stereocenters. The van der Waals surface area contributed by atoms with Crippen LogP contribution in [0.25, 0.3) is 11.3 Å². The number of hydrogen-bond donors (Lipinski definition) is 1. The predicted molar refractivity (Wildman–Crippen MR) is 77.8 cm³/mol. The topological polar surface area (TPSA) is 47.0 Å². The summed E-state index contributed by atoms with van der Waals surface area (Å²) in [5.41, 5.74) is 5.30. The van der Waals surface area contributed by atoms with E-state index in [0.29, 0.717) is 0 Å². The Morgan fingerprint density at radius 2 is 1.68 bits per heavy atom. The first-order valence-electron chi connectivity index (χ1n) is 6.24. The summed E-state index contributed by atoms with van der Waals surface area (Å²) in [5.74, 6) is 1.71. The molecule has 0 saturated carbocycles. The van der Waals surface area contributed by atoms with E-state index < -0.39 is 0 Å². The fourth-order valence-corrected chi connectivity index (χ4v) is 2.15. The molecule has 0 aliphatic rings. The van der Waals surface area contributed by atoms with Gasteiger partial charge in [0.15, 0.2) is 5.82 Å². The second-order valence-electron chi connectivity index (χ2n) is 4.65. The van der Waals surface area contributed by atoms with E-state index in [0.717, 1.165) is 39.5 Å². The SMILES string of the molecule is CNc1nnc(-c2cc(C)c(OC)cc2C)cc1C. The number of hydrogen-bond acceptors (Lipinski definition) is 4. The van der Waals surface area contributed by atoms with Crippen LogP contribution in [0, 0.1) is 20.8 Å². The summed E-state index contributed by atoms with van der Waals surface area (Å²) in [6.45, 7) is 6.11. The first kappa shape index (κ1) is 13.3. The van der Waals surface area contributed by atoms with Crippen molar-refractivity contribution in [1.29, 1.82) is 0 Å². The van der Waals surface area contributed by atoms with Crippen molar-refractivity contribution in [2.24, 2.45) is 0 Å². The first-order chi connectivity index (χ1) is 9.06. The number of anilines is 1. The Hall–Kier alpha value is -2.10. The summed E-state index contributed by atoms with van der Waals surface area (Å²) in [4.78, 5) is 0. The van der Waals surface area contributed by atoms with E-state index in [1.165, 1.54) is 0 Å². The Morgan fingerprint density at radius 3 is 2.26 bits per heavy atom. The smallest absolute Gasteiger partial charge is 0.151 e. The van der Waals surface area contributed by atoms with Gasteiger partial charge in [0.2, 0.25) is 0 Å². The molecule has 0 saturated heterocycles. The summed E-state index contributed by atoms with van der Waals surface area (Å²) in [7, 11) is 3.53. The molecule has 0 aliphatic heterocycles. The Bertz CT molecular complexity index is 609. The molecule has 0 bridgehead atoms. The van der Waals surface area contributed by atoms with E-state index in [1.54, 1.807) is 7.11 Å². The van der Waals surface area contributed by atoms with Gasteiger partial charge in [-0.2, -0.15) is 0 Å². The lowest BCUT2D eigenvalue weighted by Crippen LogP contribution is -2.00. The maximum atomic E-state index is 5.33. The Labute approximate surface area is 113 Å². The molecule has 4 nitrogen and oxygen atoms in total. The number of aromatic nitrogens is 2. The minimum atomic E-state index is 0.812. The van der Waals surface area contributed by atoms with Crippen LogP contribution >= 0.6 is 0 Å². The molecule has 1 aromatic heterocycles. The van der Waals surface area contributed by atoms with Gasteiger partial charge in [-0.15, -0.1) is 10.2 Å². The maximum absolute atomic E-state index is 5.33. The number of nitrogens with one attached hydrogen (secondary N) is 1. The standard InChI is InChI=1S/C15H19N3O/c1-9-8-14(19-5)10(2)6-12(9)13-7-11(3)15(16-4)18-17-13/h6-8H,1-5H3,(H,16,18). The van der Waals surface area contributed by atoms with E-state index in [9.17, 15) is 0 Å². The molecule has 2 aromatic rings. The molecule has 100 valence electrons. The second-order valence-corrected chi connectivity index (χ2v) is 4.65. The van der Waals surface area contributed by atoms with Gasteiger partial charge in [-0.1, -0.05) is 0 Å². The van der Waals surface area contributed by atoms with Gasteiger partial charge in [-0.05, 0) is 55.7 Å². The van der Waals surface area contributed by atoms with Crippen molar-refractivity contribution in [1.82, 2.24) is 10.2 Å². The van der Waals surface area contributed by atoms with Crippen LogP contribution in [-0.2, 0) is 0 Å². The van der Waals surface area contributed by atoms with E-state index in [2.05, 4.69) is 28.5 Å². The van der Waals surface area contributed by atoms with Crippen LogP contribution in [0.15, 0.2) is 18.2 Å². The molecule has 1 N–H and O–H groups in total. The maximum Gasteiger partial charge on any atom is 0.151 e. The highest BCUT2D eigenvalue weighted by Gasteiger charge is 2.10. The molecular weight excluding hydrogens is 238 g/mol. The minimum absolute atomic E-state index is 0.812. The highest BCUT2D eigenvalue weighted by molar-refractivity contribution is 5.67. The quantitative estimate of drug-likeness (QED) is 0.917. The van der Waals surface area contributed by atoms with Gasteiger partial charge in [-0.3, -0.25) is 0 Å². The molecule has 0 aliphatic carbocycles. The van der Waals surface area contributed by atoms with Crippen LogP contribution in [0.4, 0.5) is 5.82 Å². The zero-order valence-electron chi connectivity index (χ0n) is 12.0. The predicted octanol–water partition coefficient (Wildman–Crippen LogP) is 3.12. The molecule has 1 heterocycles. The normalized spacial score (nSPS) is 10.4. The van der Waals surface area contributed by atoms with Crippen LogP contribution in [0.2, 0.25) is 0 Å². The third-order valence-electron chi connectivity index (χ3n) is 3.24. The summed E-state index contributed by atoms with van der Waals surface area (Å²) in [6.07, 6.45) is 0. The van der Waals surface area contributed by atoms with Crippen LogP contribution < -0.4 is 10.1 Å². The van der Waals surface area contributed by atoms with Crippen molar-refractivity contribution in [3.63, 3.8) is 0 Å². The summed E-state index contributed by atoms with van der Waals surface area (Å²) in [6, 6.07) is 6.18. The van der Waals surface area contributed by atoms with Crippen molar-refractivity contribution in [3.8, 4) is 17.0 Å². The number of aryl methyl sites for hydroxylation is 3. The Balaban J connectivity index is 2.53. The third-order valence-corrected chi connectivity index (χ3v) is 3.24. The molecule has 4 heteroatoms. The third kappa shape index (κ3) is 2.52. The minimum Gasteiger partial charge on any atom is -0.496 e. The largest absolute Gasteiger partial charge is 0.496 e. The Kier molecular flexibility index (Phi) is 3.69. The molecule has 0 fully saturated rings. The van der Waals surface area contributed by atoms with Crippen LogP contribution in [-0.4, -0.2) is 24.4 Å². The highest BCUT2D eigenvalue weighted by Crippen LogP contribution is 2.29. The van der Waals surface area contributed by atoms with E-state index in [4.69, 9.17) is 4.74 Å². The first-order valence-corrected chi connectivity index (χ1v) is 6.24. The van der Waals surface area contributed by atoms with Crippen molar-refractivity contribution < 1.29 is 4.74 Å². The number of nitrogens with zero attached hydrogens (tertiary/aromatic N) is 2. The lowest BCUT2D eigenvalue weighted by molar-refractivity contribution is 0.411. The molecule has 0 spiro atoms. The van der Waals surface area contributed by atoms with Gasteiger partial charge in [0.25, 0.3) is 0 Å². The molecule has 19 heavy (non-hydrogen) atoms. The molecule has 1 aromatic carbocycles. The van der Waals surface area contributed by atoms with E-state index >= 15 is 0 Å². The highest BCUT2D eigenvalue weighted by atomic mass is 16.5. The van der Waals surface area contributed by atoms with Gasteiger partial charge in [0.1, 0.15) is 5.75 Å². The summed E-state index contributed by atoms with van der Waals surface area (Å²) < 4.78 is 5.33. The van der Waals surface area contributed by atoms with Crippen LogP contribution in [0.3, 0.4) is 0 Å². The number of methoxy groups -OCH3 is 1. The van der Waals surface area contributed by atoms with Crippen molar-refractivity contribution in [3.05, 3.63) is 34.9 Å². The van der Waals surface area contributed by atoms with E-state index in [1.807, 2.05) is 33.0 Å². The molecule has 2 rings (SSSR count). The summed E-state index contributed by atoms with van der Waals surface area (Å²) in [5, 5.41) is 11.5. The monoisotopic (exact) mass is 257 g/mol. The molecule has 0 atom stereocenters. The number of benzene rings is 1. The van der Waals surface area contributed by atoms with Gasteiger partial charge < -0.3 is 10.1 Å². The van der Waals surface area contributed by atoms with Crippen molar-refractivity contribution in [2.75, 3.05) is 19.5 Å². The van der Waals surface area contributed by atoms with Crippen LogP contribution in [0.1, 0.15) is 16.7 Å². The van der Waals surface area contributed by atoms with Crippen molar-refractivity contribution >= 4 is 5.82 Å². The van der Waals surface area contributed by atoms with Gasteiger partial charge in [0.05, 0.1) is 12.8 Å². The van der Waals surface area contributed by atoms with Crippen LogP contribution in [0.5, 0.6) is 5.75 Å². The lowest BCUT2D eigenvalue weighted by Gasteiger charge is -2.12. The average Bonchev–Trinajstić information content (AvgIpc) is 2.40. The average molecular weight is 257 g/mol. The van der Waals surface area contributed by atoms with Crippen molar-refractivity contribution in [2.45, 2.75) is 20.8 Å². The molecular formula is C15H19N3O. The van der Waals surface area contributed by atoms with Gasteiger partial charge >= 0.3 is 0 Å². The molecule has 0 radical (unpaired) electrons. The number of rotatable bonds is 3. The lowest BCUT2D eigenvalue weighted by atomic mass is 10.0. The Morgan fingerprint density at radius 1 is 0.947 bits per heavy atom. The summed E-state index contributed by atoms with van der Waals surface area (Å²) >= 11 is 0. The molecule has 0 amide bonds. The fraction of sp³-hybridized carbons (Fsp3) is 0.333. The van der Waals surface area contributed by atoms with E-state index in [-0.39, 0.29) is 0 Å². The fourth-order valence-electron chi connectivity index (χ4n) is 2.15. The zero-order chi connectivity index (χ0) is 14.0. The number of ether oxygens (including phenoxy) is 1. The second kappa shape index (κ2) is 5.26.